The molecule has 1 aromatic heterocycles. The fourth-order valence-electron chi connectivity index (χ4n) is 2.01. The van der Waals surface area contributed by atoms with Crippen molar-refractivity contribution in [2.45, 2.75) is 33.7 Å². The molecule has 0 saturated heterocycles. The summed E-state index contributed by atoms with van der Waals surface area (Å²) in [4.78, 5) is 12.1. The first-order valence-electron chi connectivity index (χ1n) is 6.41. The minimum Gasteiger partial charge on any atom is -0.469 e. The molecule has 0 aliphatic heterocycles. The smallest absolute Gasteiger partial charge is 0.255 e. The number of carbonyl (C=O) groups is 1. The van der Waals surface area contributed by atoms with E-state index in [9.17, 15) is 4.79 Å². The first-order valence-corrected chi connectivity index (χ1v) is 6.41. The molecule has 2 aromatic rings. The number of hydrogen-bond acceptors (Lipinski definition) is 2. The van der Waals surface area contributed by atoms with Gasteiger partial charge in [-0.25, -0.2) is 0 Å². The average Bonchev–Trinajstić information content (AvgIpc) is 2.79. The Morgan fingerprint density at radius 2 is 1.89 bits per heavy atom. The van der Waals surface area contributed by atoms with E-state index >= 15 is 0 Å². The van der Waals surface area contributed by atoms with Crippen molar-refractivity contribution in [2.75, 3.05) is 0 Å². The molecule has 1 atom stereocenters. The topological polar surface area (TPSA) is 42.2 Å². The summed E-state index contributed by atoms with van der Waals surface area (Å²) in [6.07, 6.45) is 1.53. The molecule has 2 rings (SSSR count). The van der Waals surface area contributed by atoms with Crippen LogP contribution in [0.3, 0.4) is 0 Å². The minimum atomic E-state index is -0.100. The maximum Gasteiger partial charge on any atom is 0.255 e. The Kier molecular flexibility index (Phi) is 3.74. The molecule has 0 aliphatic rings. The van der Waals surface area contributed by atoms with Crippen LogP contribution in [-0.4, -0.2) is 5.91 Å². The highest BCUT2D eigenvalue weighted by Crippen LogP contribution is 2.18. The summed E-state index contributed by atoms with van der Waals surface area (Å²) in [7, 11) is 0. The molecule has 1 aromatic carbocycles. The third-order valence-electron chi connectivity index (χ3n) is 3.48. The minimum absolute atomic E-state index is 0.0268. The van der Waals surface area contributed by atoms with E-state index in [1.807, 2.05) is 6.92 Å². The van der Waals surface area contributed by atoms with Crippen molar-refractivity contribution in [3.05, 3.63) is 58.5 Å². The van der Waals surface area contributed by atoms with Crippen molar-refractivity contribution in [3.8, 4) is 0 Å². The van der Waals surface area contributed by atoms with Crippen LogP contribution < -0.4 is 5.32 Å². The lowest BCUT2D eigenvalue weighted by Crippen LogP contribution is -2.26. The Balaban J connectivity index is 2.13. The molecule has 19 heavy (non-hydrogen) atoms. The standard InChI is InChI=1S/C16H19NO2/c1-10-5-6-14(9-11(10)2)12(3)17-16(18)15-7-8-19-13(15)4/h5-9,12H,1-4H3,(H,17,18). The van der Waals surface area contributed by atoms with Gasteiger partial charge in [-0.1, -0.05) is 18.2 Å². The molecule has 0 spiro atoms. The first-order chi connectivity index (χ1) is 8.99. The van der Waals surface area contributed by atoms with Crippen molar-refractivity contribution in [1.29, 1.82) is 0 Å². The van der Waals surface area contributed by atoms with Crippen LogP contribution in [0.1, 0.15) is 45.8 Å². The summed E-state index contributed by atoms with van der Waals surface area (Å²) < 4.78 is 5.15. The lowest BCUT2D eigenvalue weighted by molar-refractivity contribution is 0.0938. The molecule has 3 nitrogen and oxygen atoms in total. The predicted molar refractivity (Wildman–Crippen MR) is 75.2 cm³/mol. The van der Waals surface area contributed by atoms with Crippen molar-refractivity contribution in [1.82, 2.24) is 5.32 Å². The number of benzene rings is 1. The quantitative estimate of drug-likeness (QED) is 0.911. The van der Waals surface area contributed by atoms with Gasteiger partial charge < -0.3 is 9.73 Å². The normalized spacial score (nSPS) is 12.2. The lowest BCUT2D eigenvalue weighted by atomic mass is 10.0. The number of rotatable bonds is 3. The number of carbonyl (C=O) groups excluding carboxylic acids is 1. The van der Waals surface area contributed by atoms with E-state index in [2.05, 4.69) is 37.4 Å². The molecule has 3 heteroatoms. The lowest BCUT2D eigenvalue weighted by Gasteiger charge is -2.15. The highest BCUT2D eigenvalue weighted by Gasteiger charge is 2.15. The maximum absolute atomic E-state index is 12.1. The van der Waals surface area contributed by atoms with Crippen molar-refractivity contribution in [2.24, 2.45) is 0 Å². The van der Waals surface area contributed by atoms with Gasteiger partial charge in [-0.3, -0.25) is 4.79 Å². The molecule has 1 unspecified atom stereocenters. The molecule has 0 aliphatic carbocycles. The molecular weight excluding hydrogens is 238 g/mol. The van der Waals surface area contributed by atoms with Gasteiger partial charge in [-0.15, -0.1) is 0 Å². The number of hydrogen-bond donors (Lipinski definition) is 1. The highest BCUT2D eigenvalue weighted by atomic mass is 16.3. The van der Waals surface area contributed by atoms with Crippen LogP contribution in [0.5, 0.6) is 0 Å². The zero-order chi connectivity index (χ0) is 14.0. The summed E-state index contributed by atoms with van der Waals surface area (Å²) >= 11 is 0. The molecule has 0 bridgehead atoms. The Labute approximate surface area is 113 Å². The molecule has 0 fully saturated rings. The summed E-state index contributed by atoms with van der Waals surface area (Å²) in [5.41, 5.74) is 4.19. The number of furan rings is 1. The molecule has 1 N–H and O–H groups in total. The molecular formula is C16H19NO2. The summed E-state index contributed by atoms with van der Waals surface area (Å²) in [6, 6.07) is 7.91. The van der Waals surface area contributed by atoms with Gasteiger partial charge in [0.1, 0.15) is 5.76 Å². The second kappa shape index (κ2) is 5.31. The van der Waals surface area contributed by atoms with Gasteiger partial charge in [0.25, 0.3) is 5.91 Å². The van der Waals surface area contributed by atoms with Gasteiger partial charge in [0, 0.05) is 0 Å². The largest absolute Gasteiger partial charge is 0.469 e. The monoisotopic (exact) mass is 257 g/mol. The van der Waals surface area contributed by atoms with Crippen LogP contribution in [0.2, 0.25) is 0 Å². The Morgan fingerprint density at radius 1 is 1.16 bits per heavy atom. The van der Waals surface area contributed by atoms with Crippen LogP contribution in [0.15, 0.2) is 34.9 Å². The molecule has 1 heterocycles. The summed E-state index contributed by atoms with van der Waals surface area (Å²) in [6.45, 7) is 7.93. The van der Waals surface area contributed by atoms with Gasteiger partial charge in [-0.05, 0) is 50.5 Å². The molecule has 0 saturated carbocycles. The zero-order valence-corrected chi connectivity index (χ0v) is 11.8. The predicted octanol–water partition coefficient (Wildman–Crippen LogP) is 3.70. The van der Waals surface area contributed by atoms with E-state index < -0.39 is 0 Å². The van der Waals surface area contributed by atoms with E-state index in [1.165, 1.54) is 17.4 Å². The highest BCUT2D eigenvalue weighted by molar-refractivity contribution is 5.95. The third kappa shape index (κ3) is 2.87. The van der Waals surface area contributed by atoms with Crippen molar-refractivity contribution < 1.29 is 9.21 Å². The van der Waals surface area contributed by atoms with E-state index in [-0.39, 0.29) is 11.9 Å². The van der Waals surface area contributed by atoms with Crippen molar-refractivity contribution >= 4 is 5.91 Å². The number of nitrogens with one attached hydrogen (secondary N) is 1. The van der Waals surface area contributed by atoms with Gasteiger partial charge in [0.15, 0.2) is 0 Å². The van der Waals surface area contributed by atoms with Crippen LogP contribution in [-0.2, 0) is 0 Å². The Hall–Kier alpha value is -2.03. The van der Waals surface area contributed by atoms with E-state index in [0.717, 1.165) is 5.56 Å². The van der Waals surface area contributed by atoms with Crippen LogP contribution in [0.4, 0.5) is 0 Å². The third-order valence-corrected chi connectivity index (χ3v) is 3.48. The van der Waals surface area contributed by atoms with Gasteiger partial charge in [0.05, 0.1) is 17.9 Å². The van der Waals surface area contributed by atoms with E-state index in [0.29, 0.717) is 11.3 Å². The van der Waals surface area contributed by atoms with Crippen molar-refractivity contribution in [3.63, 3.8) is 0 Å². The fraction of sp³-hybridized carbons (Fsp3) is 0.312. The average molecular weight is 257 g/mol. The molecule has 100 valence electrons. The first kappa shape index (κ1) is 13.4. The Morgan fingerprint density at radius 3 is 2.47 bits per heavy atom. The second-order valence-electron chi connectivity index (χ2n) is 4.93. The van der Waals surface area contributed by atoms with E-state index in [4.69, 9.17) is 4.42 Å². The second-order valence-corrected chi connectivity index (χ2v) is 4.93. The summed E-state index contributed by atoms with van der Waals surface area (Å²) in [5, 5.41) is 2.99. The maximum atomic E-state index is 12.1. The van der Waals surface area contributed by atoms with Crippen LogP contribution in [0.25, 0.3) is 0 Å². The van der Waals surface area contributed by atoms with Gasteiger partial charge in [0.2, 0.25) is 0 Å². The SMILES string of the molecule is Cc1ccc(C(C)NC(=O)c2ccoc2C)cc1C. The zero-order valence-electron chi connectivity index (χ0n) is 11.8. The fourth-order valence-corrected chi connectivity index (χ4v) is 2.01. The van der Waals surface area contributed by atoms with Crippen LogP contribution >= 0.6 is 0 Å². The van der Waals surface area contributed by atoms with Gasteiger partial charge in [-0.2, -0.15) is 0 Å². The number of aryl methyl sites for hydroxylation is 3. The number of amides is 1. The van der Waals surface area contributed by atoms with Crippen LogP contribution in [0, 0.1) is 20.8 Å². The molecule has 0 radical (unpaired) electrons. The summed E-state index contributed by atoms with van der Waals surface area (Å²) in [5.74, 6) is 0.543. The Bertz CT molecular complexity index is 599. The van der Waals surface area contributed by atoms with E-state index in [1.54, 1.807) is 13.0 Å². The molecule has 1 amide bonds. The van der Waals surface area contributed by atoms with Gasteiger partial charge >= 0.3 is 0 Å².